The molecule has 1 aromatic heterocycles. The van der Waals surface area contributed by atoms with Crippen LogP contribution in [0, 0.1) is 0 Å². The van der Waals surface area contributed by atoms with Gasteiger partial charge < -0.3 is 10.4 Å². The first-order valence-corrected chi connectivity index (χ1v) is 6.63. The number of phenolic OH excluding ortho intramolecular Hbond substituents is 1. The minimum Gasteiger partial charge on any atom is -0.505 e. The molecule has 2 rings (SSSR count). The van der Waals surface area contributed by atoms with E-state index in [2.05, 4.69) is 26.2 Å². The normalized spacial score (nSPS) is 10.3. The molecule has 0 unspecified atom stereocenters. The highest BCUT2D eigenvalue weighted by Crippen LogP contribution is 2.34. The molecule has 0 saturated carbocycles. The topological polar surface area (TPSA) is 62.2 Å². The molecule has 0 spiro atoms. The van der Waals surface area contributed by atoms with Crippen LogP contribution in [0.2, 0.25) is 10.0 Å². The van der Waals surface area contributed by atoms with Gasteiger partial charge in [-0.25, -0.2) is 4.98 Å². The summed E-state index contributed by atoms with van der Waals surface area (Å²) in [5.74, 6) is -0.547. The molecule has 0 aliphatic heterocycles. The fraction of sp³-hybridized carbons (Fsp3) is 0. The molecule has 7 heteroatoms. The van der Waals surface area contributed by atoms with Crippen LogP contribution in [-0.4, -0.2) is 16.0 Å². The van der Waals surface area contributed by atoms with Crippen LogP contribution in [0.5, 0.6) is 5.75 Å². The lowest BCUT2D eigenvalue weighted by Crippen LogP contribution is -2.12. The van der Waals surface area contributed by atoms with Gasteiger partial charge in [0.1, 0.15) is 4.60 Å². The minimum atomic E-state index is -0.332. The average Bonchev–Trinajstić information content (AvgIpc) is 2.36. The fourth-order valence-corrected chi connectivity index (χ4v) is 2.24. The largest absolute Gasteiger partial charge is 0.505 e. The molecule has 1 aromatic carbocycles. The second kappa shape index (κ2) is 5.77. The van der Waals surface area contributed by atoms with Crippen molar-refractivity contribution >= 4 is 50.7 Å². The van der Waals surface area contributed by atoms with Crippen molar-refractivity contribution in [2.75, 3.05) is 5.32 Å². The second-order valence-electron chi connectivity index (χ2n) is 3.61. The Balaban J connectivity index is 2.24. The molecule has 0 fully saturated rings. The summed E-state index contributed by atoms with van der Waals surface area (Å²) >= 11 is 14.7. The zero-order valence-corrected chi connectivity index (χ0v) is 12.4. The monoisotopic (exact) mass is 360 g/mol. The first-order valence-electron chi connectivity index (χ1n) is 5.08. The summed E-state index contributed by atoms with van der Waals surface area (Å²) in [4.78, 5) is 15.9. The lowest BCUT2D eigenvalue weighted by Gasteiger charge is -2.08. The van der Waals surface area contributed by atoms with Crippen LogP contribution >= 0.6 is 39.1 Å². The Morgan fingerprint density at radius 1 is 1.26 bits per heavy atom. The van der Waals surface area contributed by atoms with E-state index in [0.717, 1.165) is 0 Å². The number of halogens is 3. The number of hydrogen-bond acceptors (Lipinski definition) is 3. The molecule has 2 N–H and O–H groups in total. The van der Waals surface area contributed by atoms with Crippen LogP contribution in [0.1, 0.15) is 10.4 Å². The lowest BCUT2D eigenvalue weighted by atomic mass is 10.2. The van der Waals surface area contributed by atoms with Gasteiger partial charge in [0, 0.05) is 17.4 Å². The standard InChI is InChI=1S/C12H7BrCl2N2O2/c13-10-3-6(1-2-16-10)12(19)17-7-4-8(14)11(18)9(15)5-7/h1-5,18H,(H,17,19). The van der Waals surface area contributed by atoms with Gasteiger partial charge in [-0.15, -0.1) is 0 Å². The first kappa shape index (κ1) is 14.1. The Bertz CT molecular complexity index is 626. The molecule has 0 bridgehead atoms. The molecule has 1 amide bonds. The van der Waals surface area contributed by atoms with Gasteiger partial charge in [0.2, 0.25) is 0 Å². The SMILES string of the molecule is O=C(Nc1cc(Cl)c(O)c(Cl)c1)c1ccnc(Br)c1. The van der Waals surface area contributed by atoms with Crippen molar-refractivity contribution in [1.29, 1.82) is 0 Å². The van der Waals surface area contributed by atoms with E-state index < -0.39 is 0 Å². The van der Waals surface area contributed by atoms with Crippen molar-refractivity contribution in [3.8, 4) is 5.75 Å². The number of phenols is 1. The Kier molecular flexibility index (Phi) is 4.29. The number of anilines is 1. The van der Waals surface area contributed by atoms with Crippen molar-refractivity contribution in [1.82, 2.24) is 4.98 Å². The molecule has 1 heterocycles. The molecular weight excluding hydrogens is 355 g/mol. The van der Waals surface area contributed by atoms with Crippen molar-refractivity contribution in [2.24, 2.45) is 0 Å². The van der Waals surface area contributed by atoms with Crippen molar-refractivity contribution < 1.29 is 9.90 Å². The third-order valence-corrected chi connectivity index (χ3v) is 3.27. The predicted molar refractivity (Wildman–Crippen MR) is 78.0 cm³/mol. The number of nitrogens with zero attached hydrogens (tertiary/aromatic N) is 1. The first-order chi connectivity index (χ1) is 8.97. The summed E-state index contributed by atoms with van der Waals surface area (Å²) in [5.41, 5.74) is 0.827. The molecule has 19 heavy (non-hydrogen) atoms. The summed E-state index contributed by atoms with van der Waals surface area (Å²) in [6.07, 6.45) is 1.51. The van der Waals surface area contributed by atoms with Crippen LogP contribution in [-0.2, 0) is 0 Å². The fourth-order valence-electron chi connectivity index (χ4n) is 1.38. The number of aromatic hydroxyl groups is 1. The number of carbonyl (C=O) groups excluding carboxylic acids is 1. The van der Waals surface area contributed by atoms with Crippen molar-refractivity contribution in [3.63, 3.8) is 0 Å². The van der Waals surface area contributed by atoms with Gasteiger partial charge in [0.05, 0.1) is 10.0 Å². The van der Waals surface area contributed by atoms with Crippen LogP contribution < -0.4 is 5.32 Å². The zero-order chi connectivity index (χ0) is 14.0. The van der Waals surface area contributed by atoms with Crippen LogP contribution in [0.3, 0.4) is 0 Å². The number of hydrogen-bond donors (Lipinski definition) is 2. The maximum absolute atomic E-state index is 12.0. The van der Waals surface area contributed by atoms with Crippen LogP contribution in [0.25, 0.3) is 0 Å². The quantitative estimate of drug-likeness (QED) is 0.625. The molecule has 0 aliphatic carbocycles. The Hall–Kier alpha value is -1.30. The van der Waals surface area contributed by atoms with Crippen LogP contribution in [0.4, 0.5) is 5.69 Å². The summed E-state index contributed by atoms with van der Waals surface area (Å²) in [7, 11) is 0. The predicted octanol–water partition coefficient (Wildman–Crippen LogP) is 4.11. The van der Waals surface area contributed by atoms with E-state index in [0.29, 0.717) is 15.9 Å². The van der Waals surface area contributed by atoms with E-state index in [1.54, 1.807) is 12.1 Å². The third-order valence-electron chi connectivity index (χ3n) is 2.26. The van der Waals surface area contributed by atoms with Gasteiger partial charge in [0.15, 0.2) is 5.75 Å². The molecule has 4 nitrogen and oxygen atoms in total. The maximum Gasteiger partial charge on any atom is 0.255 e. The lowest BCUT2D eigenvalue weighted by molar-refractivity contribution is 0.102. The van der Waals surface area contributed by atoms with Crippen molar-refractivity contribution in [3.05, 3.63) is 50.7 Å². The second-order valence-corrected chi connectivity index (χ2v) is 5.24. The summed E-state index contributed by atoms with van der Waals surface area (Å²) in [6.45, 7) is 0. The highest BCUT2D eigenvalue weighted by Gasteiger charge is 2.10. The summed E-state index contributed by atoms with van der Waals surface area (Å²) < 4.78 is 0.557. The average molecular weight is 362 g/mol. The van der Waals surface area contributed by atoms with Gasteiger partial charge in [-0.2, -0.15) is 0 Å². The van der Waals surface area contributed by atoms with E-state index in [-0.39, 0.29) is 21.7 Å². The molecule has 0 saturated heterocycles. The molecule has 0 radical (unpaired) electrons. The van der Waals surface area contributed by atoms with Gasteiger partial charge in [-0.3, -0.25) is 4.79 Å². The Morgan fingerprint density at radius 3 is 2.47 bits per heavy atom. The van der Waals surface area contributed by atoms with Crippen molar-refractivity contribution in [2.45, 2.75) is 0 Å². The number of pyridine rings is 1. The third kappa shape index (κ3) is 3.37. The molecule has 2 aromatic rings. The summed E-state index contributed by atoms with van der Waals surface area (Å²) in [6, 6.07) is 5.98. The van der Waals surface area contributed by atoms with Crippen LogP contribution in [0.15, 0.2) is 35.1 Å². The molecule has 0 atom stereocenters. The molecule has 98 valence electrons. The van der Waals surface area contributed by atoms with E-state index in [9.17, 15) is 9.90 Å². The zero-order valence-electron chi connectivity index (χ0n) is 9.32. The number of nitrogens with one attached hydrogen (secondary N) is 1. The number of benzene rings is 1. The van der Waals surface area contributed by atoms with E-state index in [1.807, 2.05) is 0 Å². The number of amides is 1. The smallest absolute Gasteiger partial charge is 0.255 e. The Labute approximate surface area is 127 Å². The summed E-state index contributed by atoms with van der Waals surface area (Å²) in [5, 5.41) is 12.2. The van der Waals surface area contributed by atoms with Gasteiger partial charge in [-0.1, -0.05) is 23.2 Å². The molecule has 0 aliphatic rings. The highest BCUT2D eigenvalue weighted by atomic mass is 79.9. The number of rotatable bonds is 2. The number of aromatic nitrogens is 1. The Morgan fingerprint density at radius 2 is 1.89 bits per heavy atom. The highest BCUT2D eigenvalue weighted by molar-refractivity contribution is 9.10. The van der Waals surface area contributed by atoms with Gasteiger partial charge in [-0.05, 0) is 40.2 Å². The van der Waals surface area contributed by atoms with E-state index in [4.69, 9.17) is 23.2 Å². The van der Waals surface area contributed by atoms with Gasteiger partial charge in [0.25, 0.3) is 5.91 Å². The molecular formula is C12H7BrCl2N2O2. The van der Waals surface area contributed by atoms with Gasteiger partial charge >= 0.3 is 0 Å². The number of carbonyl (C=O) groups is 1. The van der Waals surface area contributed by atoms with E-state index in [1.165, 1.54) is 18.3 Å². The minimum absolute atomic E-state index is 0.0682. The van der Waals surface area contributed by atoms with E-state index >= 15 is 0 Å². The maximum atomic E-state index is 12.0.